The van der Waals surface area contributed by atoms with Gasteiger partial charge in [-0.05, 0) is 47.0 Å². The molecule has 0 bridgehead atoms. The van der Waals surface area contributed by atoms with Gasteiger partial charge in [-0.25, -0.2) is 0 Å². The molecule has 2 N–H and O–H groups in total. The van der Waals surface area contributed by atoms with Crippen LogP contribution in [0.15, 0.2) is 27.1 Å². The summed E-state index contributed by atoms with van der Waals surface area (Å²) < 4.78 is 1.95. The van der Waals surface area contributed by atoms with Gasteiger partial charge in [0.2, 0.25) is 5.91 Å². The fraction of sp³-hybridized carbons (Fsp3) is 0.364. The first kappa shape index (κ1) is 11.9. The zero-order valence-corrected chi connectivity index (χ0v) is 11.8. The van der Waals surface area contributed by atoms with E-state index in [0.717, 1.165) is 27.5 Å². The SMILES string of the molecule is O=C(CNc1ccc(Br)cc1Br)NC1CC1. The van der Waals surface area contributed by atoms with Gasteiger partial charge in [0.15, 0.2) is 0 Å². The monoisotopic (exact) mass is 346 g/mol. The van der Waals surface area contributed by atoms with Crippen molar-refractivity contribution in [1.82, 2.24) is 5.32 Å². The summed E-state index contributed by atoms with van der Waals surface area (Å²) in [4.78, 5) is 11.4. The highest BCUT2D eigenvalue weighted by molar-refractivity contribution is 9.11. The Kier molecular flexibility index (Phi) is 3.86. The van der Waals surface area contributed by atoms with Crippen molar-refractivity contribution in [3.8, 4) is 0 Å². The molecule has 16 heavy (non-hydrogen) atoms. The Balaban J connectivity index is 1.85. The predicted octanol–water partition coefficient (Wildman–Crippen LogP) is 2.90. The summed E-state index contributed by atoms with van der Waals surface area (Å²) in [7, 11) is 0. The molecule has 0 aliphatic heterocycles. The van der Waals surface area contributed by atoms with Crippen LogP contribution in [0.4, 0.5) is 5.69 Å². The third kappa shape index (κ3) is 3.49. The molecule has 0 radical (unpaired) electrons. The Hall–Kier alpha value is -0.550. The maximum absolute atomic E-state index is 11.4. The third-order valence-corrected chi connectivity index (χ3v) is 3.46. The van der Waals surface area contributed by atoms with Crippen LogP contribution in [0.5, 0.6) is 0 Å². The van der Waals surface area contributed by atoms with Gasteiger partial charge in [0.25, 0.3) is 0 Å². The lowest BCUT2D eigenvalue weighted by Crippen LogP contribution is -2.31. The molecule has 1 amide bonds. The van der Waals surface area contributed by atoms with E-state index in [2.05, 4.69) is 42.5 Å². The normalized spacial score (nSPS) is 14.6. The van der Waals surface area contributed by atoms with Crippen molar-refractivity contribution in [2.24, 2.45) is 0 Å². The van der Waals surface area contributed by atoms with Gasteiger partial charge in [0.1, 0.15) is 0 Å². The standard InChI is InChI=1S/C11H12Br2N2O/c12-7-1-4-10(9(13)5-7)14-6-11(16)15-8-2-3-8/h1,4-5,8,14H,2-3,6H2,(H,15,16). The highest BCUT2D eigenvalue weighted by Crippen LogP contribution is 2.26. The minimum absolute atomic E-state index is 0.0531. The molecule has 2 rings (SSSR count). The molecule has 1 aliphatic carbocycles. The summed E-state index contributed by atoms with van der Waals surface area (Å²) in [6.07, 6.45) is 2.24. The molecular formula is C11H12Br2N2O. The molecule has 1 aliphatic rings. The number of carbonyl (C=O) groups is 1. The summed E-state index contributed by atoms with van der Waals surface area (Å²) in [6, 6.07) is 6.23. The van der Waals surface area contributed by atoms with Crippen LogP contribution in [0.3, 0.4) is 0 Å². The Labute approximate surface area is 111 Å². The van der Waals surface area contributed by atoms with E-state index in [0.29, 0.717) is 12.6 Å². The first-order valence-electron chi connectivity index (χ1n) is 5.13. The van der Waals surface area contributed by atoms with Crippen molar-refractivity contribution in [1.29, 1.82) is 0 Å². The molecule has 0 unspecified atom stereocenters. The summed E-state index contributed by atoms with van der Waals surface area (Å²) in [5.41, 5.74) is 0.925. The zero-order valence-electron chi connectivity index (χ0n) is 8.59. The molecule has 0 heterocycles. The summed E-state index contributed by atoms with van der Waals surface area (Å²) in [5, 5.41) is 6.02. The number of amides is 1. The third-order valence-electron chi connectivity index (χ3n) is 2.31. The number of hydrogen-bond acceptors (Lipinski definition) is 2. The summed E-state index contributed by atoms with van der Waals surface area (Å²) >= 11 is 6.82. The molecule has 1 fully saturated rings. The van der Waals surface area contributed by atoms with Crippen molar-refractivity contribution >= 4 is 43.5 Å². The average molecular weight is 348 g/mol. The van der Waals surface area contributed by atoms with E-state index >= 15 is 0 Å². The van der Waals surface area contributed by atoms with E-state index in [1.54, 1.807) is 0 Å². The Morgan fingerprint density at radius 3 is 2.75 bits per heavy atom. The van der Waals surface area contributed by atoms with Crippen molar-refractivity contribution in [2.45, 2.75) is 18.9 Å². The molecular weight excluding hydrogens is 336 g/mol. The van der Waals surface area contributed by atoms with Gasteiger partial charge in [0.05, 0.1) is 6.54 Å². The zero-order chi connectivity index (χ0) is 11.5. The highest BCUT2D eigenvalue weighted by atomic mass is 79.9. The Bertz CT molecular complexity index is 405. The second kappa shape index (κ2) is 5.19. The van der Waals surface area contributed by atoms with Gasteiger partial charge in [-0.15, -0.1) is 0 Å². The van der Waals surface area contributed by atoms with Crippen LogP contribution >= 0.6 is 31.9 Å². The quantitative estimate of drug-likeness (QED) is 0.879. The molecule has 1 aromatic carbocycles. The van der Waals surface area contributed by atoms with Crippen LogP contribution in [-0.2, 0) is 4.79 Å². The lowest BCUT2D eigenvalue weighted by atomic mass is 10.3. The van der Waals surface area contributed by atoms with E-state index in [1.807, 2.05) is 18.2 Å². The molecule has 0 atom stereocenters. The van der Waals surface area contributed by atoms with E-state index in [9.17, 15) is 4.79 Å². The van der Waals surface area contributed by atoms with Gasteiger partial charge in [-0.1, -0.05) is 15.9 Å². The van der Waals surface area contributed by atoms with Crippen molar-refractivity contribution in [3.63, 3.8) is 0 Å². The summed E-state index contributed by atoms with van der Waals surface area (Å²) in [5.74, 6) is 0.0531. The molecule has 1 aromatic rings. The largest absolute Gasteiger partial charge is 0.375 e. The number of benzene rings is 1. The molecule has 1 saturated carbocycles. The number of halogens is 2. The van der Waals surface area contributed by atoms with Crippen molar-refractivity contribution < 1.29 is 4.79 Å². The van der Waals surface area contributed by atoms with Crippen molar-refractivity contribution in [2.75, 3.05) is 11.9 Å². The van der Waals surface area contributed by atoms with E-state index in [-0.39, 0.29) is 5.91 Å². The van der Waals surface area contributed by atoms with E-state index in [4.69, 9.17) is 0 Å². The molecule has 5 heteroatoms. The van der Waals surface area contributed by atoms with Gasteiger partial charge >= 0.3 is 0 Å². The average Bonchev–Trinajstić information content (AvgIpc) is 3.00. The molecule has 86 valence electrons. The molecule has 0 spiro atoms. The predicted molar refractivity (Wildman–Crippen MR) is 71.5 cm³/mol. The molecule has 3 nitrogen and oxygen atoms in total. The number of rotatable bonds is 4. The van der Waals surface area contributed by atoms with Crippen LogP contribution in [-0.4, -0.2) is 18.5 Å². The topological polar surface area (TPSA) is 41.1 Å². The van der Waals surface area contributed by atoms with E-state index < -0.39 is 0 Å². The fourth-order valence-corrected chi connectivity index (χ4v) is 2.50. The minimum Gasteiger partial charge on any atom is -0.375 e. The maximum Gasteiger partial charge on any atom is 0.239 e. The number of anilines is 1. The van der Waals surface area contributed by atoms with Gasteiger partial charge in [-0.3, -0.25) is 4.79 Å². The minimum atomic E-state index is 0.0531. The van der Waals surface area contributed by atoms with Crippen LogP contribution in [0.2, 0.25) is 0 Å². The van der Waals surface area contributed by atoms with Gasteiger partial charge in [-0.2, -0.15) is 0 Å². The van der Waals surface area contributed by atoms with Crippen LogP contribution in [0.25, 0.3) is 0 Å². The van der Waals surface area contributed by atoms with Gasteiger partial charge < -0.3 is 10.6 Å². The lowest BCUT2D eigenvalue weighted by molar-refractivity contribution is -0.119. The summed E-state index contributed by atoms with van der Waals surface area (Å²) in [6.45, 7) is 0.316. The first-order valence-corrected chi connectivity index (χ1v) is 6.72. The van der Waals surface area contributed by atoms with Crippen LogP contribution in [0.1, 0.15) is 12.8 Å². The molecule has 0 saturated heterocycles. The van der Waals surface area contributed by atoms with Crippen LogP contribution in [0, 0.1) is 0 Å². The number of carbonyl (C=O) groups excluding carboxylic acids is 1. The molecule has 0 aromatic heterocycles. The Morgan fingerprint density at radius 2 is 2.12 bits per heavy atom. The maximum atomic E-state index is 11.4. The lowest BCUT2D eigenvalue weighted by Gasteiger charge is -2.08. The highest BCUT2D eigenvalue weighted by Gasteiger charge is 2.22. The number of hydrogen-bond donors (Lipinski definition) is 2. The van der Waals surface area contributed by atoms with Crippen LogP contribution < -0.4 is 10.6 Å². The second-order valence-corrected chi connectivity index (χ2v) is 5.59. The van der Waals surface area contributed by atoms with Crippen molar-refractivity contribution in [3.05, 3.63) is 27.1 Å². The fourth-order valence-electron chi connectivity index (χ4n) is 1.31. The van der Waals surface area contributed by atoms with Gasteiger partial charge in [0, 0.05) is 20.7 Å². The Morgan fingerprint density at radius 1 is 1.38 bits per heavy atom. The van der Waals surface area contributed by atoms with E-state index in [1.165, 1.54) is 0 Å². The smallest absolute Gasteiger partial charge is 0.239 e. The second-order valence-electron chi connectivity index (χ2n) is 3.82. The number of nitrogens with one attached hydrogen (secondary N) is 2. The first-order chi connectivity index (χ1) is 7.65.